The van der Waals surface area contributed by atoms with Crippen molar-refractivity contribution in [3.8, 4) is 0 Å². The molecule has 0 aromatic carbocycles. The van der Waals surface area contributed by atoms with Gasteiger partial charge in [0.05, 0.1) is 0 Å². The van der Waals surface area contributed by atoms with Gasteiger partial charge in [0.2, 0.25) is 5.91 Å². The third kappa shape index (κ3) is 2.98. The quantitative estimate of drug-likeness (QED) is 0.744. The number of nitrogens with two attached hydrogens (primary N) is 1. The minimum absolute atomic E-state index is 0.245. The standard InChI is InChI=1S/C11H22N2O/c1-3-13(2)11(14)8-9-6-4-5-7-10(9)12/h9-10H,3-8,12H2,1-2H3. The van der Waals surface area contributed by atoms with Crippen LogP contribution < -0.4 is 5.73 Å². The Balaban J connectivity index is 2.38. The molecule has 0 bridgehead atoms. The summed E-state index contributed by atoms with van der Waals surface area (Å²) in [5, 5.41) is 0. The van der Waals surface area contributed by atoms with Crippen molar-refractivity contribution >= 4 is 5.91 Å². The molecule has 3 heteroatoms. The van der Waals surface area contributed by atoms with E-state index in [1.54, 1.807) is 4.90 Å². The first-order valence-corrected chi connectivity index (χ1v) is 5.64. The lowest BCUT2D eigenvalue weighted by atomic mass is 9.83. The molecule has 0 spiro atoms. The molecule has 14 heavy (non-hydrogen) atoms. The minimum Gasteiger partial charge on any atom is -0.346 e. The Morgan fingerprint density at radius 1 is 1.43 bits per heavy atom. The van der Waals surface area contributed by atoms with E-state index in [0.29, 0.717) is 12.3 Å². The van der Waals surface area contributed by atoms with Gasteiger partial charge in [-0.15, -0.1) is 0 Å². The zero-order valence-corrected chi connectivity index (χ0v) is 9.33. The Bertz CT molecular complexity index is 194. The lowest BCUT2D eigenvalue weighted by molar-refractivity contribution is -0.131. The summed E-state index contributed by atoms with van der Waals surface area (Å²) in [6.07, 6.45) is 5.33. The predicted octanol–water partition coefficient (Wildman–Crippen LogP) is 1.37. The number of hydrogen-bond acceptors (Lipinski definition) is 2. The average molecular weight is 198 g/mol. The van der Waals surface area contributed by atoms with Crippen LogP contribution >= 0.6 is 0 Å². The van der Waals surface area contributed by atoms with E-state index in [9.17, 15) is 4.79 Å². The Hall–Kier alpha value is -0.570. The van der Waals surface area contributed by atoms with Crippen LogP contribution in [0.5, 0.6) is 0 Å². The summed E-state index contributed by atoms with van der Waals surface area (Å²) >= 11 is 0. The van der Waals surface area contributed by atoms with Crippen molar-refractivity contribution in [1.82, 2.24) is 4.90 Å². The summed E-state index contributed by atoms with van der Waals surface area (Å²) in [4.78, 5) is 13.4. The molecule has 2 unspecified atom stereocenters. The molecule has 1 amide bonds. The van der Waals surface area contributed by atoms with E-state index in [2.05, 4.69) is 0 Å². The number of carbonyl (C=O) groups excluding carboxylic acids is 1. The third-order valence-corrected chi connectivity index (χ3v) is 3.30. The number of amides is 1. The molecule has 0 heterocycles. The highest BCUT2D eigenvalue weighted by Gasteiger charge is 2.24. The average Bonchev–Trinajstić information content (AvgIpc) is 2.20. The fourth-order valence-corrected chi connectivity index (χ4v) is 2.05. The van der Waals surface area contributed by atoms with Crippen LogP contribution in [0.2, 0.25) is 0 Å². The summed E-state index contributed by atoms with van der Waals surface area (Å²) in [6.45, 7) is 2.79. The van der Waals surface area contributed by atoms with Gasteiger partial charge >= 0.3 is 0 Å². The molecular formula is C11H22N2O. The number of hydrogen-bond donors (Lipinski definition) is 1. The Kier molecular flexibility index (Phi) is 4.39. The van der Waals surface area contributed by atoms with Crippen molar-refractivity contribution in [2.24, 2.45) is 11.7 Å². The van der Waals surface area contributed by atoms with Crippen molar-refractivity contribution in [3.63, 3.8) is 0 Å². The molecular weight excluding hydrogens is 176 g/mol. The van der Waals surface area contributed by atoms with Crippen molar-refractivity contribution < 1.29 is 4.79 Å². The van der Waals surface area contributed by atoms with Crippen molar-refractivity contribution in [2.45, 2.75) is 45.1 Å². The maximum absolute atomic E-state index is 11.7. The number of rotatable bonds is 3. The second-order valence-corrected chi connectivity index (χ2v) is 4.32. The molecule has 1 aliphatic rings. The molecule has 0 saturated heterocycles. The van der Waals surface area contributed by atoms with E-state index in [0.717, 1.165) is 19.4 Å². The second-order valence-electron chi connectivity index (χ2n) is 4.32. The van der Waals surface area contributed by atoms with Crippen LogP contribution in [0.4, 0.5) is 0 Å². The molecule has 2 N–H and O–H groups in total. The smallest absolute Gasteiger partial charge is 0.222 e. The first kappa shape index (κ1) is 11.5. The topological polar surface area (TPSA) is 46.3 Å². The lowest BCUT2D eigenvalue weighted by Gasteiger charge is -2.29. The monoisotopic (exact) mass is 198 g/mol. The fourth-order valence-electron chi connectivity index (χ4n) is 2.05. The van der Waals surface area contributed by atoms with E-state index >= 15 is 0 Å². The fraction of sp³-hybridized carbons (Fsp3) is 0.909. The molecule has 0 radical (unpaired) electrons. The predicted molar refractivity (Wildman–Crippen MR) is 57.9 cm³/mol. The van der Waals surface area contributed by atoms with Gasteiger partial charge in [-0.1, -0.05) is 12.8 Å². The van der Waals surface area contributed by atoms with E-state index in [1.165, 1.54) is 12.8 Å². The van der Waals surface area contributed by atoms with Crippen molar-refractivity contribution in [3.05, 3.63) is 0 Å². The molecule has 1 fully saturated rings. The van der Waals surface area contributed by atoms with Gasteiger partial charge in [0.1, 0.15) is 0 Å². The summed E-state index contributed by atoms with van der Waals surface area (Å²) < 4.78 is 0. The van der Waals surface area contributed by atoms with E-state index < -0.39 is 0 Å². The SMILES string of the molecule is CCN(C)C(=O)CC1CCCCC1N. The first-order chi connectivity index (χ1) is 6.65. The molecule has 82 valence electrons. The second kappa shape index (κ2) is 5.35. The summed E-state index contributed by atoms with van der Waals surface area (Å²) in [5.41, 5.74) is 6.00. The molecule has 0 aliphatic heterocycles. The zero-order chi connectivity index (χ0) is 10.6. The minimum atomic E-state index is 0.245. The highest BCUT2D eigenvalue weighted by molar-refractivity contribution is 5.76. The maximum Gasteiger partial charge on any atom is 0.222 e. The Labute approximate surface area is 86.6 Å². The van der Waals surface area contributed by atoms with Gasteiger partial charge in [0.15, 0.2) is 0 Å². The van der Waals surface area contributed by atoms with Crippen LogP contribution in [-0.2, 0) is 4.79 Å². The first-order valence-electron chi connectivity index (χ1n) is 5.64. The van der Waals surface area contributed by atoms with Crippen LogP contribution in [-0.4, -0.2) is 30.4 Å². The van der Waals surface area contributed by atoms with Gasteiger partial charge < -0.3 is 10.6 Å². The van der Waals surface area contributed by atoms with Crippen LogP contribution in [0.3, 0.4) is 0 Å². The molecule has 1 rings (SSSR count). The van der Waals surface area contributed by atoms with Crippen LogP contribution in [0.15, 0.2) is 0 Å². The highest BCUT2D eigenvalue weighted by Crippen LogP contribution is 2.25. The molecule has 0 aromatic heterocycles. The molecule has 2 atom stereocenters. The van der Waals surface area contributed by atoms with Gasteiger partial charge in [-0.05, 0) is 25.7 Å². The largest absolute Gasteiger partial charge is 0.346 e. The summed E-state index contributed by atoms with van der Waals surface area (Å²) in [6, 6.07) is 0.248. The molecule has 1 aliphatic carbocycles. The Morgan fingerprint density at radius 2 is 2.07 bits per heavy atom. The lowest BCUT2D eigenvalue weighted by Crippen LogP contribution is -2.37. The van der Waals surface area contributed by atoms with E-state index in [4.69, 9.17) is 5.73 Å². The van der Waals surface area contributed by atoms with Gasteiger partial charge in [-0.3, -0.25) is 4.79 Å². The van der Waals surface area contributed by atoms with Gasteiger partial charge in [0.25, 0.3) is 0 Å². The van der Waals surface area contributed by atoms with E-state index in [-0.39, 0.29) is 11.9 Å². The zero-order valence-electron chi connectivity index (χ0n) is 9.33. The van der Waals surface area contributed by atoms with Gasteiger partial charge in [-0.2, -0.15) is 0 Å². The van der Waals surface area contributed by atoms with Crippen LogP contribution in [0.25, 0.3) is 0 Å². The van der Waals surface area contributed by atoms with Gasteiger partial charge in [-0.25, -0.2) is 0 Å². The molecule has 3 nitrogen and oxygen atoms in total. The van der Waals surface area contributed by atoms with Gasteiger partial charge in [0, 0.05) is 26.1 Å². The third-order valence-electron chi connectivity index (χ3n) is 3.30. The number of carbonyl (C=O) groups is 1. The van der Waals surface area contributed by atoms with E-state index in [1.807, 2.05) is 14.0 Å². The maximum atomic E-state index is 11.7. The van der Waals surface area contributed by atoms with Crippen LogP contribution in [0, 0.1) is 5.92 Å². The molecule has 1 saturated carbocycles. The van der Waals surface area contributed by atoms with Crippen LogP contribution in [0.1, 0.15) is 39.0 Å². The Morgan fingerprint density at radius 3 is 2.64 bits per heavy atom. The normalized spacial score (nSPS) is 27.4. The molecule has 0 aromatic rings. The van der Waals surface area contributed by atoms with Crippen molar-refractivity contribution in [2.75, 3.05) is 13.6 Å². The van der Waals surface area contributed by atoms with Crippen molar-refractivity contribution in [1.29, 1.82) is 0 Å². The summed E-state index contributed by atoms with van der Waals surface area (Å²) in [7, 11) is 1.86. The number of nitrogens with zero attached hydrogens (tertiary/aromatic N) is 1. The highest BCUT2D eigenvalue weighted by atomic mass is 16.2. The summed E-state index contributed by atoms with van der Waals surface area (Å²) in [5.74, 6) is 0.667.